The number of carbonyl (C=O) groups excluding carboxylic acids is 1. The molecular weight excluding hydrogens is 456 g/mol. The predicted molar refractivity (Wildman–Crippen MR) is 133 cm³/mol. The number of rotatable bonds is 3. The molecule has 0 radical (unpaired) electrons. The van der Waals surface area contributed by atoms with Crippen LogP contribution in [0.2, 0.25) is 0 Å². The first-order valence-corrected chi connectivity index (χ1v) is 12.6. The van der Waals surface area contributed by atoms with E-state index in [0.717, 1.165) is 42.1 Å². The van der Waals surface area contributed by atoms with Crippen molar-refractivity contribution in [2.75, 3.05) is 26.8 Å². The van der Waals surface area contributed by atoms with Crippen LogP contribution in [0.15, 0.2) is 55.2 Å². The molecule has 2 saturated heterocycles. The number of aromatic nitrogens is 3. The van der Waals surface area contributed by atoms with Crippen molar-refractivity contribution < 1.29 is 19.0 Å². The Kier molecular flexibility index (Phi) is 5.52. The molecule has 6 rings (SSSR count). The van der Waals surface area contributed by atoms with Crippen LogP contribution in [0.1, 0.15) is 55.1 Å². The highest BCUT2D eigenvalue weighted by Gasteiger charge is 2.53. The molecule has 0 N–H and O–H groups in total. The Hall–Kier alpha value is -3.39. The van der Waals surface area contributed by atoms with Crippen molar-refractivity contribution >= 4 is 5.91 Å². The zero-order chi connectivity index (χ0) is 24.9. The van der Waals surface area contributed by atoms with Crippen LogP contribution in [0, 0.1) is 11.3 Å². The van der Waals surface area contributed by atoms with Gasteiger partial charge in [-0.25, -0.2) is 9.97 Å². The molecule has 5 heterocycles. The average molecular weight is 489 g/mol. The molecule has 188 valence electrons. The minimum Gasteiger partial charge on any atom is -0.497 e. The van der Waals surface area contributed by atoms with Gasteiger partial charge in [-0.05, 0) is 68.9 Å². The summed E-state index contributed by atoms with van der Waals surface area (Å²) in [5, 5.41) is 0. The van der Waals surface area contributed by atoms with Gasteiger partial charge in [0.05, 0.1) is 25.4 Å². The fourth-order valence-corrected chi connectivity index (χ4v) is 6.04. The molecule has 0 unspecified atom stereocenters. The first kappa shape index (κ1) is 23.0. The van der Waals surface area contributed by atoms with Gasteiger partial charge in [0.25, 0.3) is 5.91 Å². The Morgan fingerprint density at radius 3 is 2.69 bits per heavy atom. The normalized spacial score (nSPS) is 23.9. The van der Waals surface area contributed by atoms with Crippen molar-refractivity contribution in [1.29, 1.82) is 0 Å². The maximum absolute atomic E-state index is 13.2. The molecule has 3 aliphatic heterocycles. The Labute approximate surface area is 211 Å². The molecule has 2 aromatic heterocycles. The number of benzene rings is 1. The number of nitrogens with zero attached hydrogens (tertiary/aromatic N) is 4. The zero-order valence-electron chi connectivity index (χ0n) is 21.0. The van der Waals surface area contributed by atoms with E-state index in [1.807, 2.05) is 46.0 Å². The molecule has 1 aromatic carbocycles. The summed E-state index contributed by atoms with van der Waals surface area (Å²) in [4.78, 5) is 23.6. The van der Waals surface area contributed by atoms with Crippen molar-refractivity contribution in [3.8, 4) is 17.3 Å². The van der Waals surface area contributed by atoms with Gasteiger partial charge in [-0.2, -0.15) is 0 Å². The summed E-state index contributed by atoms with van der Waals surface area (Å²) in [7, 11) is 1.68. The lowest BCUT2D eigenvalue weighted by Gasteiger charge is -2.54. The number of ether oxygens (including phenoxy) is 3. The van der Waals surface area contributed by atoms with Crippen molar-refractivity contribution in [3.05, 3.63) is 66.4 Å². The Morgan fingerprint density at radius 1 is 1.17 bits per heavy atom. The summed E-state index contributed by atoms with van der Waals surface area (Å²) in [6, 6.07) is 9.67. The van der Waals surface area contributed by atoms with Crippen LogP contribution in [0.25, 0.3) is 5.82 Å². The van der Waals surface area contributed by atoms with Gasteiger partial charge in [-0.15, -0.1) is 0 Å². The topological polar surface area (TPSA) is 78.7 Å². The van der Waals surface area contributed by atoms with E-state index in [1.54, 1.807) is 25.8 Å². The van der Waals surface area contributed by atoms with Crippen LogP contribution in [0.4, 0.5) is 0 Å². The average Bonchev–Trinajstić information content (AvgIpc) is 3.44. The van der Waals surface area contributed by atoms with E-state index in [4.69, 9.17) is 14.2 Å². The number of amides is 1. The molecule has 0 bridgehead atoms. The first-order chi connectivity index (χ1) is 17.4. The lowest BCUT2D eigenvalue weighted by atomic mass is 9.64. The molecule has 1 spiro atoms. The second kappa shape index (κ2) is 8.62. The molecule has 3 aromatic rings. The largest absolute Gasteiger partial charge is 0.497 e. The van der Waals surface area contributed by atoms with Crippen LogP contribution in [0.5, 0.6) is 11.5 Å². The van der Waals surface area contributed by atoms with Crippen molar-refractivity contribution in [2.45, 2.75) is 44.8 Å². The minimum atomic E-state index is -0.338. The monoisotopic (exact) mass is 488 g/mol. The number of pyridine rings is 1. The number of hydrogen-bond donors (Lipinski definition) is 0. The van der Waals surface area contributed by atoms with Crippen LogP contribution in [-0.4, -0.2) is 57.7 Å². The summed E-state index contributed by atoms with van der Waals surface area (Å²) in [6.45, 7) is 6.46. The second-order valence-electron chi connectivity index (χ2n) is 10.8. The summed E-state index contributed by atoms with van der Waals surface area (Å²) in [6.07, 6.45) is 9.74. The number of carbonyl (C=O) groups is 1. The highest BCUT2D eigenvalue weighted by atomic mass is 16.5. The van der Waals surface area contributed by atoms with E-state index < -0.39 is 0 Å². The number of hydrogen-bond acceptors (Lipinski definition) is 6. The molecule has 0 saturated carbocycles. The van der Waals surface area contributed by atoms with Gasteiger partial charge in [0.1, 0.15) is 29.2 Å². The number of piperidine rings is 1. The van der Waals surface area contributed by atoms with Crippen molar-refractivity contribution in [3.63, 3.8) is 0 Å². The number of methoxy groups -OCH3 is 1. The van der Waals surface area contributed by atoms with E-state index in [1.165, 1.54) is 0 Å². The number of fused-ring (bicyclic) bond motifs is 3. The summed E-state index contributed by atoms with van der Waals surface area (Å²) in [5.41, 5.74) is 1.41. The van der Waals surface area contributed by atoms with Crippen molar-refractivity contribution in [1.82, 2.24) is 19.4 Å². The molecule has 36 heavy (non-hydrogen) atoms. The van der Waals surface area contributed by atoms with Gasteiger partial charge in [0, 0.05) is 43.2 Å². The van der Waals surface area contributed by atoms with Gasteiger partial charge in [0.2, 0.25) is 0 Å². The molecule has 2 fully saturated rings. The molecule has 0 aliphatic carbocycles. The first-order valence-electron chi connectivity index (χ1n) is 12.6. The highest BCUT2D eigenvalue weighted by molar-refractivity contribution is 5.94. The van der Waals surface area contributed by atoms with Crippen LogP contribution in [0.3, 0.4) is 0 Å². The lowest BCUT2D eigenvalue weighted by Crippen LogP contribution is -2.54. The molecule has 8 nitrogen and oxygen atoms in total. The van der Waals surface area contributed by atoms with Gasteiger partial charge >= 0.3 is 0 Å². The molecule has 1 amide bonds. The fourth-order valence-electron chi connectivity index (χ4n) is 6.04. The van der Waals surface area contributed by atoms with Gasteiger partial charge in [-0.1, -0.05) is 0 Å². The summed E-state index contributed by atoms with van der Waals surface area (Å²) in [5.74, 6) is 2.71. The van der Waals surface area contributed by atoms with Crippen LogP contribution >= 0.6 is 0 Å². The Balaban J connectivity index is 1.14. The van der Waals surface area contributed by atoms with E-state index in [2.05, 4.69) is 23.8 Å². The van der Waals surface area contributed by atoms with Crippen LogP contribution < -0.4 is 9.47 Å². The van der Waals surface area contributed by atoms with Gasteiger partial charge < -0.3 is 19.1 Å². The Morgan fingerprint density at radius 2 is 2.00 bits per heavy atom. The summed E-state index contributed by atoms with van der Waals surface area (Å²) >= 11 is 0. The van der Waals surface area contributed by atoms with E-state index in [-0.39, 0.29) is 28.9 Å². The van der Waals surface area contributed by atoms with Gasteiger partial charge in [0.15, 0.2) is 0 Å². The molecular formula is C28H32N4O4. The van der Waals surface area contributed by atoms with Crippen LogP contribution in [-0.2, 0) is 4.74 Å². The van der Waals surface area contributed by atoms with E-state index >= 15 is 0 Å². The lowest BCUT2D eigenvalue weighted by molar-refractivity contribution is -0.173. The van der Waals surface area contributed by atoms with E-state index in [0.29, 0.717) is 25.3 Å². The second-order valence-corrected chi connectivity index (χ2v) is 10.8. The Bertz CT molecular complexity index is 1250. The predicted octanol–water partition coefficient (Wildman–Crippen LogP) is 4.45. The summed E-state index contributed by atoms with van der Waals surface area (Å²) < 4.78 is 20.4. The third-order valence-corrected chi connectivity index (χ3v) is 8.25. The fraction of sp³-hybridized carbons (Fsp3) is 0.464. The number of imidazole rings is 1. The standard InChI is InChI=1S/C28H32N4O4/c1-27(2)22-15-28(17-35-25(22)21-14-20(34-3)5-6-23(21)36-27)8-11-31(12-9-28)26(33)19-4-7-24(30-16-19)32-13-10-29-18-32/h4-7,10,13-14,16,18,22,25H,8-9,11-12,15,17H2,1-3H3/t22-,25+/m0/s1. The van der Waals surface area contributed by atoms with E-state index in [9.17, 15) is 4.79 Å². The van der Waals surface area contributed by atoms with Gasteiger partial charge in [-0.3, -0.25) is 9.36 Å². The third kappa shape index (κ3) is 3.93. The third-order valence-electron chi connectivity index (χ3n) is 8.25. The quantitative estimate of drug-likeness (QED) is 0.542. The minimum absolute atomic E-state index is 0.00998. The SMILES string of the molecule is COc1ccc2c(c1)[C@H]1OCC3(CCN(C(=O)c4ccc(-n5ccnc5)nc4)CC3)C[C@@H]1C(C)(C)O2. The smallest absolute Gasteiger partial charge is 0.255 e. The number of likely N-dealkylation sites (tertiary alicyclic amines) is 1. The maximum Gasteiger partial charge on any atom is 0.255 e. The maximum atomic E-state index is 13.2. The zero-order valence-corrected chi connectivity index (χ0v) is 21.0. The molecule has 3 aliphatic rings. The molecule has 2 atom stereocenters. The van der Waals surface area contributed by atoms with Crippen molar-refractivity contribution in [2.24, 2.45) is 11.3 Å². The highest BCUT2D eigenvalue weighted by Crippen LogP contribution is 2.56. The molecule has 8 heteroatoms.